The molecule has 128 valence electrons. The van der Waals surface area contributed by atoms with Crippen molar-refractivity contribution in [1.82, 2.24) is 14.7 Å². The average Bonchev–Trinajstić information content (AvgIpc) is 3.18. The molecule has 4 nitrogen and oxygen atoms in total. The largest absolute Gasteiger partial charge is 0.371 e. The maximum absolute atomic E-state index is 5.99. The molecule has 0 bridgehead atoms. The Bertz CT molecular complexity index is 817. The van der Waals surface area contributed by atoms with Crippen LogP contribution in [0.5, 0.6) is 0 Å². The van der Waals surface area contributed by atoms with Gasteiger partial charge in [-0.05, 0) is 41.5 Å². The van der Waals surface area contributed by atoms with Crippen molar-refractivity contribution >= 4 is 11.6 Å². The third-order valence-corrected chi connectivity index (χ3v) is 4.73. The molecule has 1 aromatic heterocycles. The van der Waals surface area contributed by atoms with Gasteiger partial charge in [0, 0.05) is 37.1 Å². The fraction of sp³-hybridized carbons (Fsp3) is 0.250. The zero-order valence-electron chi connectivity index (χ0n) is 13.9. The normalized spacial score (nSPS) is 18.4. The maximum Gasteiger partial charge on any atom is 0.0952 e. The third-order valence-electron chi connectivity index (χ3n) is 4.48. The van der Waals surface area contributed by atoms with Crippen molar-refractivity contribution in [3.05, 3.63) is 83.1 Å². The van der Waals surface area contributed by atoms with Gasteiger partial charge in [0.1, 0.15) is 0 Å². The van der Waals surface area contributed by atoms with Gasteiger partial charge in [-0.2, -0.15) is 5.10 Å². The summed E-state index contributed by atoms with van der Waals surface area (Å²) in [6.45, 7) is 3.47. The van der Waals surface area contributed by atoms with E-state index in [2.05, 4.69) is 46.4 Å². The van der Waals surface area contributed by atoms with Gasteiger partial charge in [0.25, 0.3) is 0 Å². The number of ether oxygens (including phenoxy) is 1. The number of aromatic nitrogens is 2. The van der Waals surface area contributed by atoms with Crippen LogP contribution < -0.4 is 0 Å². The zero-order valence-corrected chi connectivity index (χ0v) is 14.6. The molecule has 1 fully saturated rings. The minimum absolute atomic E-state index is 0.0975. The molecule has 0 radical (unpaired) electrons. The standard InChI is InChI=1S/C20H20ClN3O/c21-18-7-5-17(6-8-18)20-15-23(11-12-25-20)14-16-3-1-4-19(13-16)24-10-2-9-22-24/h1-10,13,20H,11-12,14-15H2/t20-/m0/s1. The van der Waals surface area contributed by atoms with Gasteiger partial charge in [0.2, 0.25) is 0 Å². The second-order valence-electron chi connectivity index (χ2n) is 6.27. The van der Waals surface area contributed by atoms with Crippen LogP contribution in [0, 0.1) is 0 Å². The molecule has 1 aliphatic rings. The topological polar surface area (TPSA) is 30.3 Å². The van der Waals surface area contributed by atoms with Crippen LogP contribution in [0.4, 0.5) is 0 Å². The molecule has 2 aromatic carbocycles. The Hall–Kier alpha value is -2.14. The van der Waals surface area contributed by atoms with Crippen molar-refractivity contribution in [2.45, 2.75) is 12.6 Å². The summed E-state index contributed by atoms with van der Waals surface area (Å²) in [7, 11) is 0. The molecule has 3 aromatic rings. The summed E-state index contributed by atoms with van der Waals surface area (Å²) in [5.41, 5.74) is 3.55. The monoisotopic (exact) mass is 353 g/mol. The summed E-state index contributed by atoms with van der Waals surface area (Å²) >= 11 is 5.99. The Morgan fingerprint density at radius 3 is 2.80 bits per heavy atom. The smallest absolute Gasteiger partial charge is 0.0952 e. The lowest BCUT2D eigenvalue weighted by molar-refractivity contribution is -0.0329. The molecule has 2 heterocycles. The number of morpholine rings is 1. The Kier molecular flexibility index (Phi) is 4.83. The number of halogens is 1. The van der Waals surface area contributed by atoms with Crippen LogP contribution in [-0.2, 0) is 11.3 Å². The maximum atomic E-state index is 5.99. The molecular weight excluding hydrogens is 334 g/mol. The number of benzene rings is 2. The van der Waals surface area contributed by atoms with Gasteiger partial charge in [-0.15, -0.1) is 0 Å². The van der Waals surface area contributed by atoms with Gasteiger partial charge in [-0.1, -0.05) is 35.9 Å². The number of hydrogen-bond acceptors (Lipinski definition) is 3. The molecule has 1 saturated heterocycles. The highest BCUT2D eigenvalue weighted by molar-refractivity contribution is 6.30. The van der Waals surface area contributed by atoms with E-state index in [-0.39, 0.29) is 6.10 Å². The molecule has 25 heavy (non-hydrogen) atoms. The van der Waals surface area contributed by atoms with Gasteiger partial charge < -0.3 is 4.74 Å². The van der Waals surface area contributed by atoms with Crippen molar-refractivity contribution < 1.29 is 4.74 Å². The lowest BCUT2D eigenvalue weighted by atomic mass is 10.1. The molecular formula is C20H20ClN3O. The first kappa shape index (κ1) is 16.3. The lowest BCUT2D eigenvalue weighted by Gasteiger charge is -2.33. The quantitative estimate of drug-likeness (QED) is 0.707. The fourth-order valence-corrected chi connectivity index (χ4v) is 3.33. The van der Waals surface area contributed by atoms with E-state index in [4.69, 9.17) is 16.3 Å². The van der Waals surface area contributed by atoms with E-state index >= 15 is 0 Å². The predicted molar refractivity (Wildman–Crippen MR) is 99.0 cm³/mol. The number of nitrogens with zero attached hydrogens (tertiary/aromatic N) is 3. The molecule has 5 heteroatoms. The number of rotatable bonds is 4. The summed E-state index contributed by atoms with van der Waals surface area (Å²) in [5, 5.41) is 5.06. The van der Waals surface area contributed by atoms with Crippen LogP contribution >= 0.6 is 11.6 Å². The molecule has 1 aliphatic heterocycles. The summed E-state index contributed by atoms with van der Waals surface area (Å²) in [4.78, 5) is 2.44. The van der Waals surface area contributed by atoms with E-state index in [1.807, 2.05) is 29.1 Å². The highest BCUT2D eigenvalue weighted by Gasteiger charge is 2.22. The van der Waals surface area contributed by atoms with E-state index in [1.54, 1.807) is 6.20 Å². The van der Waals surface area contributed by atoms with Crippen molar-refractivity contribution in [3.8, 4) is 5.69 Å². The first-order valence-electron chi connectivity index (χ1n) is 8.46. The Labute approximate surface area is 152 Å². The zero-order chi connectivity index (χ0) is 17.1. The second kappa shape index (κ2) is 7.40. The second-order valence-corrected chi connectivity index (χ2v) is 6.70. The lowest BCUT2D eigenvalue weighted by Crippen LogP contribution is -2.37. The highest BCUT2D eigenvalue weighted by atomic mass is 35.5. The van der Waals surface area contributed by atoms with E-state index in [1.165, 1.54) is 11.1 Å². The Morgan fingerprint density at radius 2 is 2.00 bits per heavy atom. The molecule has 1 atom stereocenters. The van der Waals surface area contributed by atoms with Crippen molar-refractivity contribution in [1.29, 1.82) is 0 Å². The molecule has 0 spiro atoms. The van der Waals surface area contributed by atoms with Crippen LogP contribution in [0.2, 0.25) is 5.02 Å². The fourth-order valence-electron chi connectivity index (χ4n) is 3.20. The average molecular weight is 354 g/mol. The molecule has 4 rings (SSSR count). The van der Waals surface area contributed by atoms with Crippen molar-refractivity contribution in [3.63, 3.8) is 0 Å². The third kappa shape index (κ3) is 3.93. The van der Waals surface area contributed by atoms with Crippen LogP contribution in [0.25, 0.3) is 5.69 Å². The van der Waals surface area contributed by atoms with Crippen molar-refractivity contribution in [2.24, 2.45) is 0 Å². The minimum atomic E-state index is 0.0975. The van der Waals surface area contributed by atoms with E-state index in [0.29, 0.717) is 0 Å². The molecule has 0 saturated carbocycles. The Morgan fingerprint density at radius 1 is 1.12 bits per heavy atom. The molecule has 0 N–H and O–H groups in total. The molecule has 0 aliphatic carbocycles. The highest BCUT2D eigenvalue weighted by Crippen LogP contribution is 2.25. The number of hydrogen-bond donors (Lipinski definition) is 0. The van der Waals surface area contributed by atoms with E-state index < -0.39 is 0 Å². The summed E-state index contributed by atoms with van der Waals surface area (Å²) in [6, 6.07) is 18.4. The SMILES string of the molecule is Clc1ccc([C@@H]2CN(Cc3cccc(-n4cccn4)c3)CCO2)cc1. The van der Waals surface area contributed by atoms with E-state index in [0.717, 1.165) is 37.0 Å². The summed E-state index contributed by atoms with van der Waals surface area (Å²) in [6.07, 6.45) is 3.86. The minimum Gasteiger partial charge on any atom is -0.371 e. The van der Waals surface area contributed by atoms with Crippen LogP contribution in [0.3, 0.4) is 0 Å². The molecule has 0 amide bonds. The van der Waals surface area contributed by atoms with Gasteiger partial charge in [-0.25, -0.2) is 4.68 Å². The van der Waals surface area contributed by atoms with Gasteiger partial charge in [0.15, 0.2) is 0 Å². The Balaban J connectivity index is 1.45. The molecule has 0 unspecified atom stereocenters. The van der Waals surface area contributed by atoms with Crippen LogP contribution in [0.1, 0.15) is 17.2 Å². The van der Waals surface area contributed by atoms with Crippen LogP contribution in [0.15, 0.2) is 67.0 Å². The van der Waals surface area contributed by atoms with Gasteiger partial charge in [-0.3, -0.25) is 4.90 Å². The van der Waals surface area contributed by atoms with E-state index in [9.17, 15) is 0 Å². The van der Waals surface area contributed by atoms with Crippen LogP contribution in [-0.4, -0.2) is 34.4 Å². The summed E-state index contributed by atoms with van der Waals surface area (Å²) in [5.74, 6) is 0. The van der Waals surface area contributed by atoms with Gasteiger partial charge in [0.05, 0.1) is 18.4 Å². The van der Waals surface area contributed by atoms with Crippen molar-refractivity contribution in [2.75, 3.05) is 19.7 Å². The summed E-state index contributed by atoms with van der Waals surface area (Å²) < 4.78 is 7.84. The van der Waals surface area contributed by atoms with Gasteiger partial charge >= 0.3 is 0 Å². The first-order valence-corrected chi connectivity index (χ1v) is 8.84. The predicted octanol–water partition coefficient (Wildman–Crippen LogP) is 4.10. The first-order chi connectivity index (χ1) is 12.3.